The maximum Gasteiger partial charge on any atom is 0.321 e. The van der Waals surface area contributed by atoms with Gasteiger partial charge in [0.05, 0.1) is 5.69 Å². The molecule has 0 aliphatic carbocycles. The molecule has 1 N–H and O–H groups in total. The fourth-order valence-corrected chi connectivity index (χ4v) is 3.16. The summed E-state index contributed by atoms with van der Waals surface area (Å²) in [6.45, 7) is 5.76. The Balaban J connectivity index is 1.58. The first-order valence-electron chi connectivity index (χ1n) is 8.50. The van der Waals surface area contributed by atoms with Crippen LogP contribution in [-0.2, 0) is 0 Å². The number of hydrogen-bond acceptors (Lipinski definition) is 3. The molecular weight excluding hydrogens is 302 g/mol. The predicted molar refractivity (Wildman–Crippen MR) is 95.4 cm³/mol. The van der Waals surface area contributed by atoms with Crippen molar-refractivity contribution in [2.45, 2.75) is 13.3 Å². The van der Waals surface area contributed by atoms with Crippen LogP contribution in [-0.4, -0.2) is 58.8 Å². The zero-order valence-electron chi connectivity index (χ0n) is 14.4. The van der Waals surface area contributed by atoms with Gasteiger partial charge < -0.3 is 15.1 Å². The molecule has 2 aromatic rings. The van der Waals surface area contributed by atoms with Crippen LogP contribution in [0.5, 0.6) is 0 Å². The molecule has 1 aromatic heterocycles. The number of amides is 2. The quantitative estimate of drug-likeness (QED) is 0.918. The predicted octanol–water partition coefficient (Wildman–Crippen LogP) is 2.68. The number of aromatic nitrogens is 2. The van der Waals surface area contributed by atoms with Crippen LogP contribution in [0.25, 0.3) is 5.69 Å². The van der Waals surface area contributed by atoms with Gasteiger partial charge in [-0.05, 0) is 63.2 Å². The molecule has 0 radical (unpaired) electrons. The maximum atomic E-state index is 12.5. The molecule has 2 amide bonds. The van der Waals surface area contributed by atoms with Crippen LogP contribution in [0.1, 0.15) is 13.3 Å². The number of benzene rings is 1. The monoisotopic (exact) mass is 327 g/mol. The number of carbonyl (C=O) groups excluding carboxylic acids is 1. The van der Waals surface area contributed by atoms with Crippen molar-refractivity contribution in [3.63, 3.8) is 0 Å². The third-order valence-corrected chi connectivity index (χ3v) is 4.52. The molecule has 24 heavy (non-hydrogen) atoms. The molecular formula is C18H25N5O. The first-order chi connectivity index (χ1) is 11.7. The molecule has 0 saturated carbocycles. The van der Waals surface area contributed by atoms with Gasteiger partial charge in [0.25, 0.3) is 0 Å². The second-order valence-electron chi connectivity index (χ2n) is 6.38. The largest absolute Gasteiger partial charge is 0.324 e. The van der Waals surface area contributed by atoms with Crippen LogP contribution in [0.15, 0.2) is 42.7 Å². The molecule has 1 atom stereocenters. The Morgan fingerprint density at radius 2 is 2.17 bits per heavy atom. The number of hydrogen-bond donors (Lipinski definition) is 1. The summed E-state index contributed by atoms with van der Waals surface area (Å²) in [5, 5.41) is 7.19. The normalized spacial score (nSPS) is 17.8. The SMILES string of the molecule is CCN(C[C@H]1CCN(C)C1)C(=O)Nc1ccc(-n2cccn2)cc1. The number of carbonyl (C=O) groups is 1. The van der Waals surface area contributed by atoms with Crippen molar-refractivity contribution < 1.29 is 4.79 Å². The summed E-state index contributed by atoms with van der Waals surface area (Å²) in [6.07, 6.45) is 4.80. The van der Waals surface area contributed by atoms with Crippen molar-refractivity contribution in [2.75, 3.05) is 38.5 Å². The molecule has 1 fully saturated rings. The summed E-state index contributed by atoms with van der Waals surface area (Å²) in [5.74, 6) is 0.572. The number of urea groups is 1. The summed E-state index contributed by atoms with van der Waals surface area (Å²) >= 11 is 0. The van der Waals surface area contributed by atoms with Crippen molar-refractivity contribution in [3.8, 4) is 5.69 Å². The standard InChI is InChI=1S/C18H25N5O/c1-3-22(14-15-9-12-21(2)13-15)18(24)20-16-5-7-17(8-6-16)23-11-4-10-19-23/h4-8,10-11,15H,3,9,12-14H2,1-2H3,(H,20,24)/t15-/m0/s1. The molecule has 1 aliphatic heterocycles. The molecule has 6 nitrogen and oxygen atoms in total. The van der Waals surface area contributed by atoms with E-state index in [-0.39, 0.29) is 6.03 Å². The first-order valence-corrected chi connectivity index (χ1v) is 8.50. The smallest absolute Gasteiger partial charge is 0.321 e. The van der Waals surface area contributed by atoms with Crippen LogP contribution >= 0.6 is 0 Å². The van der Waals surface area contributed by atoms with Crippen LogP contribution in [0.3, 0.4) is 0 Å². The van der Waals surface area contributed by atoms with E-state index in [1.807, 2.05) is 48.4 Å². The molecule has 1 aromatic carbocycles. The molecule has 1 aliphatic rings. The number of likely N-dealkylation sites (tertiary alicyclic amines) is 1. The third-order valence-electron chi connectivity index (χ3n) is 4.52. The van der Waals surface area contributed by atoms with E-state index in [1.54, 1.807) is 10.9 Å². The van der Waals surface area contributed by atoms with Gasteiger partial charge in [-0.15, -0.1) is 0 Å². The Morgan fingerprint density at radius 1 is 1.38 bits per heavy atom. The highest BCUT2D eigenvalue weighted by Crippen LogP contribution is 2.17. The van der Waals surface area contributed by atoms with Gasteiger partial charge in [-0.1, -0.05) is 0 Å². The van der Waals surface area contributed by atoms with E-state index in [9.17, 15) is 4.79 Å². The Labute approximate surface area is 143 Å². The van der Waals surface area contributed by atoms with Gasteiger partial charge in [-0.3, -0.25) is 0 Å². The maximum absolute atomic E-state index is 12.5. The van der Waals surface area contributed by atoms with Gasteiger partial charge in [-0.25, -0.2) is 9.48 Å². The molecule has 1 saturated heterocycles. The van der Waals surface area contributed by atoms with E-state index in [0.29, 0.717) is 5.92 Å². The minimum Gasteiger partial charge on any atom is -0.324 e. The summed E-state index contributed by atoms with van der Waals surface area (Å²) in [6, 6.07) is 9.57. The first kappa shape index (κ1) is 16.5. The Hall–Kier alpha value is -2.34. The molecule has 2 heterocycles. The molecule has 0 spiro atoms. The van der Waals surface area contributed by atoms with Crippen molar-refractivity contribution in [1.82, 2.24) is 19.6 Å². The van der Waals surface area contributed by atoms with Crippen molar-refractivity contribution in [1.29, 1.82) is 0 Å². The Morgan fingerprint density at radius 3 is 2.75 bits per heavy atom. The highest BCUT2D eigenvalue weighted by Gasteiger charge is 2.23. The molecule has 128 valence electrons. The number of rotatable bonds is 5. The second kappa shape index (κ2) is 7.49. The van der Waals surface area contributed by atoms with E-state index >= 15 is 0 Å². The molecule has 0 unspecified atom stereocenters. The molecule has 0 bridgehead atoms. The van der Waals surface area contributed by atoms with Crippen LogP contribution in [0.4, 0.5) is 10.5 Å². The zero-order valence-corrected chi connectivity index (χ0v) is 14.4. The summed E-state index contributed by atoms with van der Waals surface area (Å²) in [5.41, 5.74) is 1.78. The minimum atomic E-state index is -0.0288. The lowest BCUT2D eigenvalue weighted by atomic mass is 10.1. The van der Waals surface area contributed by atoms with Gasteiger partial charge >= 0.3 is 6.03 Å². The summed E-state index contributed by atoms with van der Waals surface area (Å²) in [4.78, 5) is 16.7. The van der Waals surface area contributed by atoms with Gasteiger partial charge in [0.15, 0.2) is 0 Å². The average molecular weight is 327 g/mol. The highest BCUT2D eigenvalue weighted by atomic mass is 16.2. The van der Waals surface area contributed by atoms with Gasteiger partial charge in [0.2, 0.25) is 0 Å². The van der Waals surface area contributed by atoms with Gasteiger partial charge in [0, 0.05) is 37.7 Å². The molecule has 6 heteroatoms. The highest BCUT2D eigenvalue weighted by molar-refractivity contribution is 5.89. The summed E-state index contributed by atoms with van der Waals surface area (Å²) < 4.78 is 1.79. The van der Waals surface area contributed by atoms with E-state index in [4.69, 9.17) is 0 Å². The number of nitrogens with one attached hydrogen (secondary N) is 1. The Kier molecular flexibility index (Phi) is 5.15. The van der Waals surface area contributed by atoms with E-state index < -0.39 is 0 Å². The topological polar surface area (TPSA) is 53.4 Å². The van der Waals surface area contributed by atoms with Gasteiger partial charge in [0.1, 0.15) is 0 Å². The lowest BCUT2D eigenvalue weighted by molar-refractivity contribution is 0.204. The lowest BCUT2D eigenvalue weighted by Gasteiger charge is -2.24. The van der Waals surface area contributed by atoms with Crippen molar-refractivity contribution in [2.24, 2.45) is 5.92 Å². The summed E-state index contributed by atoms with van der Waals surface area (Å²) in [7, 11) is 2.14. The van der Waals surface area contributed by atoms with Crippen LogP contribution in [0, 0.1) is 5.92 Å². The molecule has 3 rings (SSSR count). The second-order valence-corrected chi connectivity index (χ2v) is 6.38. The van der Waals surface area contributed by atoms with Crippen LogP contribution in [0.2, 0.25) is 0 Å². The van der Waals surface area contributed by atoms with Crippen molar-refractivity contribution >= 4 is 11.7 Å². The fraction of sp³-hybridized carbons (Fsp3) is 0.444. The minimum absolute atomic E-state index is 0.0288. The van der Waals surface area contributed by atoms with Crippen molar-refractivity contribution in [3.05, 3.63) is 42.7 Å². The number of anilines is 1. The van der Waals surface area contributed by atoms with Crippen LogP contribution < -0.4 is 5.32 Å². The fourth-order valence-electron chi connectivity index (χ4n) is 3.16. The van der Waals surface area contributed by atoms with E-state index in [2.05, 4.69) is 22.4 Å². The number of nitrogens with zero attached hydrogens (tertiary/aromatic N) is 4. The van der Waals surface area contributed by atoms with Gasteiger partial charge in [-0.2, -0.15) is 5.10 Å². The average Bonchev–Trinajstić information content (AvgIpc) is 3.25. The third kappa shape index (κ3) is 3.94. The van der Waals surface area contributed by atoms with E-state index in [1.165, 1.54) is 6.42 Å². The van der Waals surface area contributed by atoms with E-state index in [0.717, 1.165) is 37.6 Å². The zero-order chi connectivity index (χ0) is 16.9. The lowest BCUT2D eigenvalue weighted by Crippen LogP contribution is -2.38. The Bertz CT molecular complexity index is 653.